The summed E-state index contributed by atoms with van der Waals surface area (Å²) in [7, 11) is -3.87. The van der Waals surface area contributed by atoms with Crippen LogP contribution >= 0.6 is 11.3 Å². The van der Waals surface area contributed by atoms with Crippen LogP contribution in [0.4, 0.5) is 0 Å². The highest BCUT2D eigenvalue weighted by Crippen LogP contribution is 2.32. The molecule has 3 aromatic rings. The van der Waals surface area contributed by atoms with E-state index in [1.54, 1.807) is 18.2 Å². The van der Waals surface area contributed by atoms with Crippen LogP contribution < -0.4 is 8.92 Å². The van der Waals surface area contributed by atoms with Gasteiger partial charge in [-0.3, -0.25) is 0 Å². The van der Waals surface area contributed by atoms with Gasteiger partial charge in [-0.1, -0.05) is 25.1 Å². The van der Waals surface area contributed by atoms with Crippen LogP contribution in [0.3, 0.4) is 0 Å². The van der Waals surface area contributed by atoms with E-state index in [2.05, 4.69) is 0 Å². The number of hydrogen-bond donors (Lipinski definition) is 0. The average Bonchev–Trinajstić information content (AvgIpc) is 2.97. The van der Waals surface area contributed by atoms with Gasteiger partial charge in [0.05, 0.1) is 6.61 Å². The van der Waals surface area contributed by atoms with Crippen LogP contribution in [0.2, 0.25) is 0 Å². The molecule has 1 aromatic heterocycles. The molecule has 0 atom stereocenters. The van der Waals surface area contributed by atoms with E-state index in [9.17, 15) is 8.42 Å². The molecule has 126 valence electrons. The van der Waals surface area contributed by atoms with Crippen molar-refractivity contribution in [1.82, 2.24) is 0 Å². The molecule has 24 heavy (non-hydrogen) atoms. The Labute approximate surface area is 145 Å². The van der Waals surface area contributed by atoms with Crippen molar-refractivity contribution in [3.05, 3.63) is 54.1 Å². The summed E-state index contributed by atoms with van der Waals surface area (Å²) < 4.78 is 37.1. The highest BCUT2D eigenvalue weighted by atomic mass is 32.3. The molecular weight excluding hydrogens is 344 g/mol. The fraction of sp³-hybridized carbons (Fsp3) is 0.222. The zero-order valence-corrected chi connectivity index (χ0v) is 15.1. The van der Waals surface area contributed by atoms with Crippen LogP contribution in [0, 0.1) is 6.92 Å². The van der Waals surface area contributed by atoms with Gasteiger partial charge in [-0.2, -0.15) is 8.42 Å². The van der Waals surface area contributed by atoms with Gasteiger partial charge in [-0.15, -0.1) is 11.3 Å². The summed E-state index contributed by atoms with van der Waals surface area (Å²) in [5.41, 5.74) is 0.880. The summed E-state index contributed by atoms with van der Waals surface area (Å²) in [6, 6.07) is 14.3. The van der Waals surface area contributed by atoms with E-state index >= 15 is 0 Å². The second kappa shape index (κ2) is 6.83. The van der Waals surface area contributed by atoms with Crippen molar-refractivity contribution in [3.63, 3.8) is 0 Å². The predicted molar refractivity (Wildman–Crippen MR) is 96.6 cm³/mol. The third-order valence-electron chi connectivity index (χ3n) is 3.35. The second-order valence-corrected chi connectivity index (χ2v) is 8.33. The maximum Gasteiger partial charge on any atom is 0.348 e. The van der Waals surface area contributed by atoms with E-state index in [0.29, 0.717) is 12.4 Å². The third kappa shape index (κ3) is 3.71. The topological polar surface area (TPSA) is 52.6 Å². The number of ether oxygens (including phenoxy) is 1. The number of benzene rings is 2. The van der Waals surface area contributed by atoms with Gasteiger partial charge >= 0.3 is 10.1 Å². The van der Waals surface area contributed by atoms with Crippen molar-refractivity contribution in [3.8, 4) is 11.5 Å². The molecule has 0 aliphatic carbocycles. The fourth-order valence-electron chi connectivity index (χ4n) is 2.31. The van der Waals surface area contributed by atoms with E-state index in [0.717, 1.165) is 22.1 Å². The summed E-state index contributed by atoms with van der Waals surface area (Å²) >= 11 is 1.20. The monoisotopic (exact) mass is 362 g/mol. The van der Waals surface area contributed by atoms with E-state index in [-0.39, 0.29) is 9.96 Å². The molecule has 4 nitrogen and oxygen atoms in total. The minimum atomic E-state index is -3.87. The Morgan fingerprint density at radius 3 is 2.54 bits per heavy atom. The number of aryl methyl sites for hydroxylation is 1. The van der Waals surface area contributed by atoms with Crippen LogP contribution in [0.1, 0.15) is 18.9 Å². The van der Waals surface area contributed by atoms with E-state index in [1.165, 1.54) is 11.3 Å². The molecule has 0 saturated carbocycles. The molecular formula is C18H18O4S2. The van der Waals surface area contributed by atoms with Gasteiger partial charge in [0.2, 0.25) is 0 Å². The lowest BCUT2D eigenvalue weighted by Gasteiger charge is -2.10. The predicted octanol–water partition coefficient (Wildman–Crippen LogP) is 4.77. The Morgan fingerprint density at radius 1 is 1.04 bits per heavy atom. The Hall–Kier alpha value is -2.05. The Morgan fingerprint density at radius 2 is 1.79 bits per heavy atom. The number of thiophene rings is 1. The first-order chi connectivity index (χ1) is 11.5. The summed E-state index contributed by atoms with van der Waals surface area (Å²) in [5.74, 6) is 0.872. The number of rotatable bonds is 6. The lowest BCUT2D eigenvalue weighted by atomic mass is 10.2. The zero-order chi connectivity index (χ0) is 17.2. The van der Waals surface area contributed by atoms with E-state index in [1.807, 2.05) is 44.2 Å². The van der Waals surface area contributed by atoms with Crippen molar-refractivity contribution in [1.29, 1.82) is 0 Å². The van der Waals surface area contributed by atoms with Crippen molar-refractivity contribution in [2.24, 2.45) is 0 Å². The molecule has 0 aliphatic rings. The summed E-state index contributed by atoms with van der Waals surface area (Å²) in [4.78, 5) is 0. The average molecular weight is 362 g/mol. The smallest absolute Gasteiger partial charge is 0.348 e. The van der Waals surface area contributed by atoms with Crippen LogP contribution in [0.5, 0.6) is 11.5 Å². The highest BCUT2D eigenvalue weighted by molar-refractivity contribution is 7.89. The lowest BCUT2D eigenvalue weighted by Crippen LogP contribution is -2.08. The zero-order valence-electron chi connectivity index (χ0n) is 13.5. The quantitative estimate of drug-likeness (QED) is 0.593. The number of hydrogen-bond acceptors (Lipinski definition) is 5. The standard InChI is InChI=1S/C18H18O4S2/c1-3-8-21-15-9-13(2)10-16(12-15)22-24(19,20)18-11-14-6-4-5-7-17(14)23-18/h4-7,9-12H,3,8H2,1-2H3. The number of fused-ring (bicyclic) bond motifs is 1. The van der Waals surface area contributed by atoms with Gasteiger partial charge in [-0.05, 0) is 48.6 Å². The lowest BCUT2D eigenvalue weighted by molar-refractivity contribution is 0.316. The first-order valence-corrected chi connectivity index (χ1v) is 9.88. The van der Waals surface area contributed by atoms with Crippen LogP contribution in [-0.2, 0) is 10.1 Å². The molecule has 0 saturated heterocycles. The SMILES string of the molecule is CCCOc1cc(C)cc(OS(=O)(=O)c2cc3ccccc3s2)c1. The molecule has 0 unspecified atom stereocenters. The third-order valence-corrected chi connectivity index (χ3v) is 6.15. The minimum absolute atomic E-state index is 0.196. The van der Waals surface area contributed by atoms with Crippen molar-refractivity contribution in [2.45, 2.75) is 24.5 Å². The maximum atomic E-state index is 12.6. The largest absolute Gasteiger partial charge is 0.493 e. The molecule has 0 bridgehead atoms. The van der Waals surface area contributed by atoms with Crippen LogP contribution in [-0.4, -0.2) is 15.0 Å². The van der Waals surface area contributed by atoms with Gasteiger partial charge in [0.25, 0.3) is 0 Å². The summed E-state index contributed by atoms with van der Waals surface area (Å²) in [5, 5.41) is 0.890. The Balaban J connectivity index is 1.90. The molecule has 0 radical (unpaired) electrons. The molecule has 1 heterocycles. The fourth-order valence-corrected chi connectivity index (χ4v) is 4.59. The second-order valence-electron chi connectivity index (χ2n) is 5.47. The molecule has 0 amide bonds. The normalized spacial score (nSPS) is 11.6. The molecule has 3 rings (SSSR count). The van der Waals surface area contributed by atoms with E-state index in [4.69, 9.17) is 8.92 Å². The Bertz CT molecular complexity index is 925. The molecule has 0 aliphatic heterocycles. The summed E-state index contributed by atoms with van der Waals surface area (Å²) in [6.45, 7) is 4.46. The van der Waals surface area contributed by atoms with Gasteiger partial charge in [0.1, 0.15) is 11.5 Å². The van der Waals surface area contributed by atoms with Crippen molar-refractivity contribution in [2.75, 3.05) is 6.61 Å². The highest BCUT2D eigenvalue weighted by Gasteiger charge is 2.20. The van der Waals surface area contributed by atoms with Gasteiger partial charge in [0.15, 0.2) is 4.21 Å². The van der Waals surface area contributed by atoms with Crippen molar-refractivity contribution < 1.29 is 17.3 Å². The minimum Gasteiger partial charge on any atom is -0.493 e. The molecule has 0 N–H and O–H groups in total. The summed E-state index contributed by atoms with van der Waals surface area (Å²) in [6.07, 6.45) is 0.879. The van der Waals surface area contributed by atoms with Crippen LogP contribution in [0.15, 0.2) is 52.7 Å². The van der Waals surface area contributed by atoms with Gasteiger partial charge in [0, 0.05) is 10.8 Å². The van der Waals surface area contributed by atoms with Crippen LogP contribution in [0.25, 0.3) is 10.1 Å². The maximum absolute atomic E-state index is 12.6. The molecule has 2 aromatic carbocycles. The van der Waals surface area contributed by atoms with E-state index < -0.39 is 10.1 Å². The van der Waals surface area contributed by atoms with Crippen molar-refractivity contribution >= 4 is 31.5 Å². The molecule has 0 fully saturated rings. The Kier molecular flexibility index (Phi) is 4.78. The van der Waals surface area contributed by atoms with Gasteiger partial charge in [-0.25, -0.2) is 0 Å². The molecule has 6 heteroatoms. The first-order valence-electron chi connectivity index (χ1n) is 7.65. The molecule has 0 spiro atoms. The first kappa shape index (κ1) is 16.8. The van der Waals surface area contributed by atoms with Gasteiger partial charge < -0.3 is 8.92 Å².